The lowest BCUT2D eigenvalue weighted by Crippen LogP contribution is -2.27. The molecule has 0 radical (unpaired) electrons. The highest BCUT2D eigenvalue weighted by atomic mass is 16.5. The van der Waals surface area contributed by atoms with Crippen LogP contribution in [0.5, 0.6) is 5.75 Å². The average Bonchev–Trinajstić information content (AvgIpc) is 3.21. The second-order valence-corrected chi connectivity index (χ2v) is 7.24. The maximum absolute atomic E-state index is 13.6. The smallest absolute Gasteiger partial charge is 0.262 e. The number of methoxy groups -OCH3 is 1. The number of fused-ring (bicyclic) bond motifs is 2. The van der Waals surface area contributed by atoms with Crippen molar-refractivity contribution >= 4 is 16.7 Å². The maximum Gasteiger partial charge on any atom is 0.262 e. The Kier molecular flexibility index (Phi) is 4.07. The van der Waals surface area contributed by atoms with Crippen LogP contribution >= 0.6 is 0 Å². The SMILES string of the molecule is COc1cccc(-c2c3c(=O)n(C4CCCCC4)ccc3nc3ncnn23)c1. The van der Waals surface area contributed by atoms with E-state index >= 15 is 0 Å². The van der Waals surface area contributed by atoms with Crippen molar-refractivity contribution in [2.24, 2.45) is 0 Å². The lowest BCUT2D eigenvalue weighted by atomic mass is 9.95. The molecule has 7 heteroatoms. The number of benzene rings is 1. The highest BCUT2D eigenvalue weighted by Crippen LogP contribution is 2.31. The molecule has 5 rings (SSSR count). The second kappa shape index (κ2) is 6.74. The number of aromatic nitrogens is 5. The van der Waals surface area contributed by atoms with Gasteiger partial charge >= 0.3 is 0 Å². The molecule has 7 nitrogen and oxygen atoms in total. The summed E-state index contributed by atoms with van der Waals surface area (Å²) in [6, 6.07) is 9.82. The van der Waals surface area contributed by atoms with Crippen molar-refractivity contribution in [2.75, 3.05) is 7.11 Å². The lowest BCUT2D eigenvalue weighted by Gasteiger charge is -2.24. The number of pyridine rings is 1. The van der Waals surface area contributed by atoms with E-state index in [1.807, 2.05) is 41.1 Å². The van der Waals surface area contributed by atoms with Crippen molar-refractivity contribution in [3.8, 4) is 17.0 Å². The zero-order chi connectivity index (χ0) is 19.1. The highest BCUT2D eigenvalue weighted by molar-refractivity contribution is 5.93. The Morgan fingerprint density at radius 2 is 2.00 bits per heavy atom. The Morgan fingerprint density at radius 1 is 1.14 bits per heavy atom. The minimum Gasteiger partial charge on any atom is -0.497 e. The third-order valence-corrected chi connectivity index (χ3v) is 5.61. The van der Waals surface area contributed by atoms with Gasteiger partial charge in [-0.05, 0) is 31.0 Å². The van der Waals surface area contributed by atoms with Gasteiger partial charge in [0.1, 0.15) is 12.1 Å². The quantitative estimate of drug-likeness (QED) is 0.547. The van der Waals surface area contributed by atoms with Gasteiger partial charge in [0.25, 0.3) is 11.3 Å². The first kappa shape index (κ1) is 16.9. The molecule has 3 aromatic heterocycles. The van der Waals surface area contributed by atoms with E-state index in [2.05, 4.69) is 15.1 Å². The van der Waals surface area contributed by atoms with Crippen LogP contribution in [0.2, 0.25) is 0 Å². The molecule has 0 saturated heterocycles. The predicted molar refractivity (Wildman–Crippen MR) is 107 cm³/mol. The predicted octanol–water partition coefficient (Wildman–Crippen LogP) is 3.62. The molecule has 28 heavy (non-hydrogen) atoms. The van der Waals surface area contributed by atoms with Crippen molar-refractivity contribution < 1.29 is 4.74 Å². The van der Waals surface area contributed by atoms with Crippen LogP contribution in [0.1, 0.15) is 38.1 Å². The van der Waals surface area contributed by atoms with Gasteiger partial charge in [0, 0.05) is 17.8 Å². The van der Waals surface area contributed by atoms with Gasteiger partial charge in [0.05, 0.1) is 23.7 Å². The Labute approximate surface area is 161 Å². The van der Waals surface area contributed by atoms with Gasteiger partial charge in [0.15, 0.2) is 0 Å². The molecule has 1 fully saturated rings. The Hall–Kier alpha value is -3.22. The molecule has 1 aromatic carbocycles. The first-order chi connectivity index (χ1) is 13.8. The first-order valence-electron chi connectivity index (χ1n) is 9.65. The Balaban J connectivity index is 1.84. The third kappa shape index (κ3) is 2.66. The summed E-state index contributed by atoms with van der Waals surface area (Å²) in [5.41, 5.74) is 2.16. The minimum absolute atomic E-state index is 0.0212. The molecule has 0 atom stereocenters. The molecule has 3 heterocycles. The summed E-state index contributed by atoms with van der Waals surface area (Å²) >= 11 is 0. The van der Waals surface area contributed by atoms with Crippen LogP contribution in [0.3, 0.4) is 0 Å². The van der Waals surface area contributed by atoms with E-state index in [1.165, 1.54) is 12.7 Å². The van der Waals surface area contributed by atoms with Gasteiger partial charge in [-0.3, -0.25) is 4.79 Å². The van der Waals surface area contributed by atoms with Crippen LogP contribution in [0.4, 0.5) is 0 Å². The molecular weight excluding hydrogens is 354 g/mol. The summed E-state index contributed by atoms with van der Waals surface area (Å²) in [5, 5.41) is 4.91. The van der Waals surface area contributed by atoms with Gasteiger partial charge in [-0.2, -0.15) is 14.6 Å². The van der Waals surface area contributed by atoms with Crippen molar-refractivity contribution in [1.29, 1.82) is 0 Å². The lowest BCUT2D eigenvalue weighted by molar-refractivity contribution is 0.347. The van der Waals surface area contributed by atoms with Crippen molar-refractivity contribution in [2.45, 2.75) is 38.1 Å². The summed E-state index contributed by atoms with van der Waals surface area (Å²) in [5.74, 6) is 1.19. The van der Waals surface area contributed by atoms with Gasteiger partial charge in [-0.15, -0.1) is 0 Å². The molecule has 4 aromatic rings. The molecule has 142 valence electrons. The molecule has 0 N–H and O–H groups in total. The van der Waals surface area contributed by atoms with Crippen LogP contribution in [0.15, 0.2) is 47.7 Å². The van der Waals surface area contributed by atoms with Gasteiger partial charge in [0.2, 0.25) is 0 Å². The fourth-order valence-electron chi connectivity index (χ4n) is 4.22. The fourth-order valence-corrected chi connectivity index (χ4v) is 4.22. The summed E-state index contributed by atoms with van der Waals surface area (Å²) < 4.78 is 8.91. The average molecular weight is 375 g/mol. The number of hydrogen-bond donors (Lipinski definition) is 0. The largest absolute Gasteiger partial charge is 0.497 e. The molecule has 1 saturated carbocycles. The standard InChI is InChI=1S/C21H21N5O2/c1-28-16-9-5-6-14(12-16)19-18-17(24-21-22-13-23-26(19)21)10-11-25(20(18)27)15-7-3-2-4-8-15/h5-6,9-13,15H,2-4,7-8H2,1H3. The molecular formula is C21H21N5O2. The maximum atomic E-state index is 13.6. The normalized spacial score (nSPS) is 15.3. The fraction of sp³-hybridized carbons (Fsp3) is 0.333. The summed E-state index contributed by atoms with van der Waals surface area (Å²) in [6.45, 7) is 0. The van der Waals surface area contributed by atoms with E-state index in [0.29, 0.717) is 22.4 Å². The summed E-state index contributed by atoms with van der Waals surface area (Å²) in [7, 11) is 1.63. The number of ether oxygens (including phenoxy) is 1. The third-order valence-electron chi connectivity index (χ3n) is 5.61. The van der Waals surface area contributed by atoms with Crippen LogP contribution in [-0.2, 0) is 0 Å². The molecule has 1 aliphatic carbocycles. The van der Waals surface area contributed by atoms with E-state index in [4.69, 9.17) is 4.74 Å². The van der Waals surface area contributed by atoms with E-state index in [0.717, 1.165) is 37.0 Å². The van der Waals surface area contributed by atoms with Crippen LogP contribution in [0.25, 0.3) is 27.9 Å². The van der Waals surface area contributed by atoms with Gasteiger partial charge in [-0.1, -0.05) is 31.4 Å². The van der Waals surface area contributed by atoms with E-state index < -0.39 is 0 Å². The van der Waals surface area contributed by atoms with E-state index in [-0.39, 0.29) is 11.6 Å². The van der Waals surface area contributed by atoms with Gasteiger partial charge in [-0.25, -0.2) is 4.98 Å². The summed E-state index contributed by atoms with van der Waals surface area (Å²) in [4.78, 5) is 22.4. The molecule has 0 amide bonds. The highest BCUT2D eigenvalue weighted by Gasteiger charge is 2.21. The topological polar surface area (TPSA) is 74.3 Å². The van der Waals surface area contributed by atoms with Crippen molar-refractivity contribution in [3.05, 3.63) is 53.2 Å². The number of nitrogens with zero attached hydrogens (tertiary/aromatic N) is 5. The van der Waals surface area contributed by atoms with Crippen molar-refractivity contribution in [1.82, 2.24) is 24.1 Å². The zero-order valence-corrected chi connectivity index (χ0v) is 15.7. The molecule has 1 aliphatic rings. The van der Waals surface area contributed by atoms with Crippen LogP contribution in [0, 0.1) is 0 Å². The molecule has 0 aliphatic heterocycles. The number of hydrogen-bond acceptors (Lipinski definition) is 5. The molecule has 0 bridgehead atoms. The molecule has 0 spiro atoms. The first-order valence-corrected chi connectivity index (χ1v) is 9.65. The minimum atomic E-state index is -0.0212. The van der Waals surface area contributed by atoms with Crippen LogP contribution in [-0.4, -0.2) is 31.3 Å². The zero-order valence-electron chi connectivity index (χ0n) is 15.7. The Bertz CT molecular complexity index is 1220. The molecule has 0 unspecified atom stereocenters. The second-order valence-electron chi connectivity index (χ2n) is 7.24. The monoisotopic (exact) mass is 375 g/mol. The Morgan fingerprint density at radius 3 is 2.82 bits per heavy atom. The number of rotatable bonds is 3. The van der Waals surface area contributed by atoms with Gasteiger partial charge < -0.3 is 9.30 Å². The van der Waals surface area contributed by atoms with Crippen molar-refractivity contribution in [3.63, 3.8) is 0 Å². The summed E-state index contributed by atoms with van der Waals surface area (Å²) in [6.07, 6.45) is 9.00. The van der Waals surface area contributed by atoms with E-state index in [9.17, 15) is 4.79 Å². The van der Waals surface area contributed by atoms with E-state index in [1.54, 1.807) is 11.6 Å². The van der Waals surface area contributed by atoms with Crippen LogP contribution < -0.4 is 10.3 Å².